The van der Waals surface area contributed by atoms with Crippen LogP contribution in [0.4, 0.5) is 5.69 Å². The Bertz CT molecular complexity index is 477. The molecule has 20 heavy (non-hydrogen) atoms. The number of phenols is 1. The van der Waals surface area contributed by atoms with E-state index in [1.807, 2.05) is 20.8 Å². The number of aromatic hydroxyl groups is 1. The van der Waals surface area contributed by atoms with Crippen molar-refractivity contribution in [1.82, 2.24) is 0 Å². The van der Waals surface area contributed by atoms with Crippen molar-refractivity contribution in [2.75, 3.05) is 18.9 Å². The first-order valence-electron chi connectivity index (χ1n) is 6.61. The number of carbonyl (C=O) groups excluding carboxylic acids is 1. The number of nitrogen functional groups attached to an aromatic ring is 1. The summed E-state index contributed by atoms with van der Waals surface area (Å²) in [7, 11) is 0. The molecule has 1 aromatic rings. The van der Waals surface area contributed by atoms with Crippen molar-refractivity contribution in [2.24, 2.45) is 0 Å². The molecule has 0 aromatic heterocycles. The number of ether oxygens (including phenoxy) is 2. The van der Waals surface area contributed by atoms with Crippen LogP contribution in [0.3, 0.4) is 0 Å². The van der Waals surface area contributed by atoms with E-state index in [9.17, 15) is 9.90 Å². The smallest absolute Gasteiger partial charge is 0.302 e. The average molecular weight is 281 g/mol. The number of rotatable bonds is 5. The zero-order valence-corrected chi connectivity index (χ0v) is 12.5. The zero-order valence-electron chi connectivity index (χ0n) is 12.5. The first-order valence-corrected chi connectivity index (χ1v) is 6.61. The molecule has 0 unspecified atom stereocenters. The molecular formula is C15H23NO4. The van der Waals surface area contributed by atoms with Gasteiger partial charge in [0, 0.05) is 25.0 Å². The molecule has 1 rings (SSSR count). The van der Waals surface area contributed by atoms with E-state index in [1.165, 1.54) is 6.92 Å². The summed E-state index contributed by atoms with van der Waals surface area (Å²) in [6.45, 7) is 8.09. The van der Waals surface area contributed by atoms with Crippen LogP contribution in [0.25, 0.3) is 0 Å². The standard InChI is InChI=1S/C15H23NO4/c1-10(17)19-6-5-7-20-11-8-12(15(2,3)4)14(18)13(16)9-11/h8-9,18H,5-7,16H2,1-4H3. The SMILES string of the molecule is CC(=O)OCCCOc1cc(N)c(O)c(C(C)(C)C)c1. The van der Waals surface area contributed by atoms with E-state index in [-0.39, 0.29) is 17.1 Å². The number of hydrogen-bond acceptors (Lipinski definition) is 5. The Labute approximate surface area is 119 Å². The monoisotopic (exact) mass is 281 g/mol. The van der Waals surface area contributed by atoms with Crippen LogP contribution in [0.15, 0.2) is 12.1 Å². The molecule has 5 heteroatoms. The van der Waals surface area contributed by atoms with Gasteiger partial charge in [0.25, 0.3) is 0 Å². The van der Waals surface area contributed by atoms with Crippen LogP contribution < -0.4 is 10.5 Å². The number of hydrogen-bond donors (Lipinski definition) is 2. The third-order valence-electron chi connectivity index (χ3n) is 2.78. The molecule has 0 amide bonds. The maximum atomic E-state index is 10.6. The van der Waals surface area contributed by atoms with Gasteiger partial charge in [0.1, 0.15) is 11.5 Å². The highest BCUT2D eigenvalue weighted by Crippen LogP contribution is 2.38. The summed E-state index contributed by atoms with van der Waals surface area (Å²) in [4.78, 5) is 10.6. The molecule has 0 heterocycles. The van der Waals surface area contributed by atoms with Crippen molar-refractivity contribution in [3.8, 4) is 11.5 Å². The fourth-order valence-electron chi connectivity index (χ4n) is 1.75. The van der Waals surface area contributed by atoms with Gasteiger partial charge in [0.2, 0.25) is 0 Å². The Morgan fingerprint density at radius 1 is 1.30 bits per heavy atom. The van der Waals surface area contributed by atoms with Crippen LogP contribution in [0.1, 0.15) is 39.7 Å². The highest BCUT2D eigenvalue weighted by atomic mass is 16.5. The van der Waals surface area contributed by atoms with Crippen LogP contribution in [0, 0.1) is 0 Å². The Morgan fingerprint density at radius 3 is 2.50 bits per heavy atom. The second kappa shape index (κ2) is 6.50. The van der Waals surface area contributed by atoms with E-state index in [1.54, 1.807) is 12.1 Å². The van der Waals surface area contributed by atoms with Crippen molar-refractivity contribution in [3.63, 3.8) is 0 Å². The van der Waals surface area contributed by atoms with Gasteiger partial charge in [-0.25, -0.2) is 0 Å². The lowest BCUT2D eigenvalue weighted by Crippen LogP contribution is -2.13. The lowest BCUT2D eigenvalue weighted by molar-refractivity contribution is -0.141. The van der Waals surface area contributed by atoms with Gasteiger partial charge >= 0.3 is 5.97 Å². The molecule has 0 saturated carbocycles. The zero-order chi connectivity index (χ0) is 15.3. The quantitative estimate of drug-likeness (QED) is 0.375. The maximum absolute atomic E-state index is 10.6. The number of carbonyl (C=O) groups is 1. The lowest BCUT2D eigenvalue weighted by atomic mass is 9.86. The summed E-state index contributed by atoms with van der Waals surface area (Å²) in [5.74, 6) is 0.409. The summed E-state index contributed by atoms with van der Waals surface area (Å²) in [5.41, 5.74) is 6.60. The topological polar surface area (TPSA) is 81.8 Å². The summed E-state index contributed by atoms with van der Waals surface area (Å²) >= 11 is 0. The van der Waals surface area contributed by atoms with Gasteiger partial charge in [0.15, 0.2) is 0 Å². The number of phenolic OH excluding ortho intramolecular Hbond substituents is 1. The third kappa shape index (κ3) is 4.64. The van der Waals surface area contributed by atoms with Gasteiger partial charge in [-0.05, 0) is 11.5 Å². The van der Waals surface area contributed by atoms with E-state index in [2.05, 4.69) is 0 Å². The normalized spacial score (nSPS) is 11.2. The minimum atomic E-state index is -0.297. The molecule has 5 nitrogen and oxygen atoms in total. The number of anilines is 1. The van der Waals surface area contributed by atoms with Gasteiger partial charge in [-0.15, -0.1) is 0 Å². The van der Waals surface area contributed by atoms with Gasteiger partial charge in [-0.2, -0.15) is 0 Å². The summed E-state index contributed by atoms with van der Waals surface area (Å²) < 4.78 is 10.4. The fourth-order valence-corrected chi connectivity index (χ4v) is 1.75. The van der Waals surface area contributed by atoms with Crippen LogP contribution in [-0.2, 0) is 14.9 Å². The molecule has 0 aliphatic heterocycles. The minimum Gasteiger partial charge on any atom is -0.505 e. The Hall–Kier alpha value is -1.91. The summed E-state index contributed by atoms with van der Waals surface area (Å²) in [6, 6.07) is 3.38. The van der Waals surface area contributed by atoms with Gasteiger partial charge < -0.3 is 20.3 Å². The molecule has 0 radical (unpaired) electrons. The Morgan fingerprint density at radius 2 is 1.95 bits per heavy atom. The lowest BCUT2D eigenvalue weighted by Gasteiger charge is -2.22. The molecule has 0 atom stereocenters. The van der Waals surface area contributed by atoms with Crippen LogP contribution in [-0.4, -0.2) is 24.3 Å². The van der Waals surface area contributed by atoms with Crippen LogP contribution in [0.5, 0.6) is 11.5 Å². The van der Waals surface area contributed by atoms with Crippen molar-refractivity contribution < 1.29 is 19.4 Å². The summed E-state index contributed by atoms with van der Waals surface area (Å²) in [6.07, 6.45) is 0.602. The number of esters is 1. The average Bonchev–Trinajstić information content (AvgIpc) is 2.31. The van der Waals surface area contributed by atoms with Gasteiger partial charge in [0.05, 0.1) is 18.9 Å². The number of nitrogens with two attached hydrogens (primary N) is 1. The van der Waals surface area contributed by atoms with Gasteiger partial charge in [-0.3, -0.25) is 4.79 Å². The van der Waals surface area contributed by atoms with E-state index in [4.69, 9.17) is 15.2 Å². The summed E-state index contributed by atoms with van der Waals surface area (Å²) in [5, 5.41) is 9.99. The molecular weight excluding hydrogens is 258 g/mol. The highest BCUT2D eigenvalue weighted by molar-refractivity contribution is 5.65. The van der Waals surface area contributed by atoms with Crippen LogP contribution >= 0.6 is 0 Å². The Balaban J connectivity index is 2.68. The molecule has 112 valence electrons. The van der Waals surface area contributed by atoms with Crippen molar-refractivity contribution in [3.05, 3.63) is 17.7 Å². The fraction of sp³-hybridized carbons (Fsp3) is 0.533. The molecule has 0 spiro atoms. The second-order valence-electron chi connectivity index (χ2n) is 5.70. The molecule has 0 fully saturated rings. The maximum Gasteiger partial charge on any atom is 0.302 e. The molecule has 0 aliphatic rings. The van der Waals surface area contributed by atoms with E-state index in [0.29, 0.717) is 31.1 Å². The first-order chi connectivity index (χ1) is 9.21. The van der Waals surface area contributed by atoms with Crippen molar-refractivity contribution in [1.29, 1.82) is 0 Å². The molecule has 0 bridgehead atoms. The van der Waals surface area contributed by atoms with Crippen molar-refractivity contribution >= 4 is 11.7 Å². The van der Waals surface area contributed by atoms with E-state index >= 15 is 0 Å². The van der Waals surface area contributed by atoms with E-state index < -0.39 is 0 Å². The largest absolute Gasteiger partial charge is 0.505 e. The second-order valence-corrected chi connectivity index (χ2v) is 5.70. The molecule has 0 saturated heterocycles. The predicted molar refractivity (Wildman–Crippen MR) is 78.0 cm³/mol. The van der Waals surface area contributed by atoms with Gasteiger partial charge in [-0.1, -0.05) is 20.8 Å². The van der Waals surface area contributed by atoms with Crippen LogP contribution in [0.2, 0.25) is 0 Å². The molecule has 0 aliphatic carbocycles. The Kier molecular flexibility index (Phi) is 5.25. The predicted octanol–water partition coefficient (Wildman–Crippen LogP) is 2.60. The third-order valence-corrected chi connectivity index (χ3v) is 2.78. The van der Waals surface area contributed by atoms with Crippen molar-refractivity contribution in [2.45, 2.75) is 39.5 Å². The van der Waals surface area contributed by atoms with E-state index in [0.717, 1.165) is 5.56 Å². The first kappa shape index (κ1) is 16.1. The molecule has 3 N–H and O–H groups in total. The minimum absolute atomic E-state index is 0.102. The number of benzene rings is 1. The highest BCUT2D eigenvalue weighted by Gasteiger charge is 2.21. The molecule has 1 aromatic carbocycles.